The Morgan fingerprint density at radius 3 is 2.41 bits per heavy atom. The predicted molar refractivity (Wildman–Crippen MR) is 176 cm³/mol. The van der Waals surface area contributed by atoms with E-state index in [0.717, 1.165) is 62.9 Å². The third-order valence-electron chi connectivity index (χ3n) is 8.47. The number of esters is 1. The maximum atomic E-state index is 14.5. The summed E-state index contributed by atoms with van der Waals surface area (Å²) in [4.78, 5) is 31.2. The predicted octanol–water partition coefficient (Wildman–Crippen LogP) is 7.70. The summed E-state index contributed by atoms with van der Waals surface area (Å²) in [5, 5.41) is 0. The Kier molecular flexibility index (Phi) is 11.8. The highest BCUT2D eigenvalue weighted by atomic mass is 32.1. The van der Waals surface area contributed by atoms with Crippen LogP contribution in [-0.2, 0) is 23.7 Å². The molecule has 1 amide bonds. The molecule has 0 N–H and O–H groups in total. The Morgan fingerprint density at radius 1 is 1.11 bits per heavy atom. The van der Waals surface area contributed by atoms with Gasteiger partial charge < -0.3 is 23.8 Å². The number of carbonyl (C=O) groups is 2. The number of carbonyl (C=O) groups excluding carboxylic acids is 2. The second-order valence-corrected chi connectivity index (χ2v) is 15.4. The number of nitrogens with zero attached hydrogens (tertiary/aromatic N) is 1. The molecular formula is C36H53NO6S. The topological polar surface area (TPSA) is 74.3 Å². The molecule has 44 heavy (non-hydrogen) atoms. The van der Waals surface area contributed by atoms with Crippen LogP contribution in [0.1, 0.15) is 121 Å². The van der Waals surface area contributed by atoms with Crippen molar-refractivity contribution in [2.24, 2.45) is 11.3 Å². The lowest BCUT2D eigenvalue weighted by Gasteiger charge is -2.45. The van der Waals surface area contributed by atoms with E-state index >= 15 is 0 Å². The van der Waals surface area contributed by atoms with Crippen LogP contribution in [0.5, 0.6) is 0 Å². The number of allylic oxidation sites excluding steroid dienone is 2. The zero-order valence-corrected chi connectivity index (χ0v) is 28.9. The quantitative estimate of drug-likeness (QED) is 0.150. The van der Waals surface area contributed by atoms with Gasteiger partial charge in [0.2, 0.25) is 5.91 Å². The van der Waals surface area contributed by atoms with Crippen molar-refractivity contribution in [3.63, 3.8) is 0 Å². The van der Waals surface area contributed by atoms with Crippen LogP contribution in [0.15, 0.2) is 17.7 Å². The molecule has 1 aromatic heterocycles. The molecule has 2 fully saturated rings. The molecule has 1 aromatic rings. The zero-order valence-electron chi connectivity index (χ0n) is 28.1. The number of thiophene rings is 1. The molecule has 4 rings (SSSR count). The molecule has 1 saturated carbocycles. The first-order valence-corrected chi connectivity index (χ1v) is 17.3. The van der Waals surface area contributed by atoms with Gasteiger partial charge in [0.1, 0.15) is 4.88 Å². The fourth-order valence-corrected chi connectivity index (χ4v) is 7.15. The van der Waals surface area contributed by atoms with E-state index in [9.17, 15) is 9.59 Å². The van der Waals surface area contributed by atoms with Gasteiger partial charge in [-0.2, -0.15) is 0 Å². The molecule has 8 heteroatoms. The van der Waals surface area contributed by atoms with E-state index in [0.29, 0.717) is 23.8 Å². The second-order valence-electron chi connectivity index (χ2n) is 14.4. The summed E-state index contributed by atoms with van der Waals surface area (Å²) >= 11 is 1.33. The molecule has 244 valence electrons. The van der Waals surface area contributed by atoms with Gasteiger partial charge in [0.15, 0.2) is 0 Å². The minimum absolute atomic E-state index is 0.0585. The van der Waals surface area contributed by atoms with Crippen LogP contribution in [0, 0.1) is 23.2 Å². The van der Waals surface area contributed by atoms with Crippen molar-refractivity contribution in [2.45, 2.75) is 137 Å². The van der Waals surface area contributed by atoms with Crippen molar-refractivity contribution in [3.05, 3.63) is 27.5 Å². The summed E-state index contributed by atoms with van der Waals surface area (Å²) in [6.45, 7) is 18.0. The summed E-state index contributed by atoms with van der Waals surface area (Å²) in [6, 6.07) is 1.87. The minimum atomic E-state index is -0.413. The fraction of sp³-hybridized carbons (Fsp3) is 0.722. The molecule has 0 unspecified atom stereocenters. The van der Waals surface area contributed by atoms with Gasteiger partial charge in [0.25, 0.3) is 0 Å². The van der Waals surface area contributed by atoms with E-state index in [-0.39, 0.29) is 41.6 Å². The number of ether oxygens (including phenoxy) is 4. The molecule has 2 atom stereocenters. The van der Waals surface area contributed by atoms with E-state index in [4.69, 9.17) is 18.9 Å². The third kappa shape index (κ3) is 9.42. The smallest absolute Gasteiger partial charge is 0.350 e. The van der Waals surface area contributed by atoms with Crippen molar-refractivity contribution >= 4 is 28.9 Å². The van der Waals surface area contributed by atoms with E-state index in [1.807, 2.05) is 24.8 Å². The number of hydrogen-bond acceptors (Lipinski definition) is 7. The molecule has 2 heterocycles. The first kappa shape index (κ1) is 34.7. The van der Waals surface area contributed by atoms with Crippen molar-refractivity contribution in [3.8, 4) is 11.8 Å². The third-order valence-corrected chi connectivity index (χ3v) is 9.49. The van der Waals surface area contributed by atoms with Crippen LogP contribution in [0.25, 0.3) is 0 Å². The Labute approximate surface area is 269 Å². The van der Waals surface area contributed by atoms with Crippen molar-refractivity contribution < 1.29 is 28.5 Å². The highest BCUT2D eigenvalue weighted by Crippen LogP contribution is 2.42. The van der Waals surface area contributed by atoms with Gasteiger partial charge in [0.05, 0.1) is 47.7 Å². The van der Waals surface area contributed by atoms with Gasteiger partial charge in [-0.1, -0.05) is 23.5 Å². The summed E-state index contributed by atoms with van der Waals surface area (Å²) < 4.78 is 24.1. The Balaban J connectivity index is 1.68. The Hall–Kier alpha value is -2.18. The summed E-state index contributed by atoms with van der Waals surface area (Å²) in [6.07, 6.45) is 8.48. The van der Waals surface area contributed by atoms with Gasteiger partial charge in [-0.25, -0.2) is 4.79 Å². The first-order chi connectivity index (χ1) is 20.7. The van der Waals surface area contributed by atoms with Crippen LogP contribution in [0.3, 0.4) is 0 Å². The van der Waals surface area contributed by atoms with Gasteiger partial charge in [-0.15, -0.1) is 11.3 Å². The highest BCUT2D eigenvalue weighted by Gasteiger charge is 2.43. The monoisotopic (exact) mass is 627 g/mol. The van der Waals surface area contributed by atoms with Gasteiger partial charge in [-0.3, -0.25) is 4.79 Å². The van der Waals surface area contributed by atoms with Crippen LogP contribution >= 0.6 is 11.3 Å². The molecule has 3 aliphatic rings. The van der Waals surface area contributed by atoms with Crippen molar-refractivity contribution in [2.75, 3.05) is 24.7 Å². The molecule has 1 saturated heterocycles. The normalized spacial score (nSPS) is 25.9. The lowest BCUT2D eigenvalue weighted by molar-refractivity contribution is -0.153. The van der Waals surface area contributed by atoms with Crippen LogP contribution in [0.4, 0.5) is 5.69 Å². The lowest BCUT2D eigenvalue weighted by Crippen LogP contribution is -2.51. The van der Waals surface area contributed by atoms with Gasteiger partial charge in [-0.05, 0) is 113 Å². The van der Waals surface area contributed by atoms with E-state index in [1.165, 1.54) is 16.9 Å². The highest BCUT2D eigenvalue weighted by molar-refractivity contribution is 7.15. The average molecular weight is 628 g/mol. The molecule has 0 bridgehead atoms. The van der Waals surface area contributed by atoms with Crippen molar-refractivity contribution in [1.29, 1.82) is 0 Å². The molecule has 0 radical (unpaired) electrons. The standard InChI is InChI=1S/C36H53NO6S/c1-24(2)42-34(39)32-31(21-30(44-32)15-17-35(6,7)8)37(33(38)27-11-9-26(5)10-12-27)28-13-18-36(19-14-28,43-25(3)4)23-41-29-16-20-40-22-29/h9,21,24-25,27-29H,10-14,16,18-20,22-23H2,1-8H3/t27-,28?,29-,36?/m0/s1. The molecule has 0 aromatic carbocycles. The Bertz CT molecular complexity index is 1230. The lowest BCUT2D eigenvalue weighted by atomic mass is 9.80. The largest absolute Gasteiger partial charge is 0.459 e. The molecule has 0 spiro atoms. The van der Waals surface area contributed by atoms with Crippen LogP contribution in [0.2, 0.25) is 0 Å². The SMILES string of the molecule is CC1=CC[C@H](C(=O)N(c2cc(C#CC(C)(C)C)sc2C(=O)OC(C)C)C2CCC(CO[C@H]3CCOC3)(OC(C)C)CC2)CC1. The number of hydrogen-bond donors (Lipinski definition) is 0. The fourth-order valence-electron chi connectivity index (χ4n) is 6.26. The van der Waals surface area contributed by atoms with E-state index < -0.39 is 11.6 Å². The van der Waals surface area contributed by atoms with Crippen LogP contribution < -0.4 is 4.90 Å². The first-order valence-electron chi connectivity index (χ1n) is 16.5. The van der Waals surface area contributed by atoms with Gasteiger partial charge in [0, 0.05) is 24.0 Å². The Morgan fingerprint density at radius 2 is 1.84 bits per heavy atom. The summed E-state index contributed by atoms with van der Waals surface area (Å²) in [5.74, 6) is 6.14. The van der Waals surface area contributed by atoms with E-state index in [2.05, 4.69) is 59.5 Å². The van der Waals surface area contributed by atoms with Crippen LogP contribution in [-0.4, -0.2) is 61.7 Å². The summed E-state index contributed by atoms with van der Waals surface area (Å²) in [5.41, 5.74) is 1.36. The number of anilines is 1. The van der Waals surface area contributed by atoms with E-state index in [1.54, 1.807) is 0 Å². The maximum absolute atomic E-state index is 14.5. The second kappa shape index (κ2) is 14.9. The van der Waals surface area contributed by atoms with Gasteiger partial charge >= 0.3 is 5.97 Å². The molecule has 1 aliphatic heterocycles. The number of amides is 1. The van der Waals surface area contributed by atoms with Crippen molar-refractivity contribution in [1.82, 2.24) is 0 Å². The maximum Gasteiger partial charge on any atom is 0.350 e. The number of rotatable bonds is 10. The molecule has 7 nitrogen and oxygen atoms in total. The summed E-state index contributed by atoms with van der Waals surface area (Å²) in [7, 11) is 0. The zero-order chi connectivity index (χ0) is 32.1. The minimum Gasteiger partial charge on any atom is -0.459 e. The molecule has 2 aliphatic carbocycles. The average Bonchev–Trinajstić information content (AvgIpc) is 3.62. The molecular weight excluding hydrogens is 574 g/mol.